The van der Waals surface area contributed by atoms with Crippen LogP contribution in [0.4, 0.5) is 0 Å². The van der Waals surface area contributed by atoms with E-state index in [1.54, 1.807) is 10.9 Å². The molecule has 11 heteroatoms. The minimum atomic E-state index is -0.844. The first-order chi connectivity index (χ1) is 20.0. The molecule has 1 aromatic heterocycles. The average Bonchev–Trinajstić information content (AvgIpc) is 3.64. The summed E-state index contributed by atoms with van der Waals surface area (Å²) >= 11 is 0. The summed E-state index contributed by atoms with van der Waals surface area (Å²) in [6.45, 7) is 2.11. The molecule has 0 spiro atoms. The maximum Gasteiger partial charge on any atom is 0.243 e. The second-order valence-corrected chi connectivity index (χ2v) is 11.0. The number of carbonyl (C=O) groups is 3. The number of hydrogen-bond donors (Lipinski definition) is 3. The molecule has 2 bridgehead atoms. The summed E-state index contributed by atoms with van der Waals surface area (Å²) in [7, 11) is 0. The fraction of sp³-hybridized carbons (Fsp3) is 0.433. The quantitative estimate of drug-likeness (QED) is 0.435. The number of likely N-dealkylation sites (tertiary alicyclic amines) is 1. The minimum Gasteiger partial charge on any atom is -0.381 e. The standard InChI is InChI=1S/C30H35N7O4/c38-28-14-20-6-4-5-7-21(20)17-31-29(39)26(15-23-19-37(35-34-23)25-8-2-1-3-9-25)33-30(40)27-16-22(32-28)18-36(27)24-10-12-41-13-11-24/h1-9,19,22,24,26-27H,10-18H2,(H,31,39)(H,32,38)(H,33,40)/t22-,26?,27-/m0/s1. The van der Waals surface area contributed by atoms with Crippen molar-refractivity contribution in [3.8, 4) is 5.69 Å². The molecule has 2 saturated heterocycles. The zero-order valence-corrected chi connectivity index (χ0v) is 22.9. The minimum absolute atomic E-state index is 0.0850. The van der Waals surface area contributed by atoms with E-state index in [9.17, 15) is 14.4 Å². The van der Waals surface area contributed by atoms with Gasteiger partial charge in [0.1, 0.15) is 6.04 Å². The summed E-state index contributed by atoms with van der Waals surface area (Å²) in [6, 6.07) is 15.9. The second kappa shape index (κ2) is 12.2. The second-order valence-electron chi connectivity index (χ2n) is 11.0. The molecule has 1 unspecified atom stereocenters. The molecule has 3 N–H and O–H groups in total. The molecule has 0 saturated carbocycles. The molecule has 6 rings (SSSR count). The highest BCUT2D eigenvalue weighted by atomic mass is 16.5. The number of nitrogens with one attached hydrogen (secondary N) is 3. The van der Waals surface area contributed by atoms with Gasteiger partial charge in [-0.1, -0.05) is 47.7 Å². The Morgan fingerprint density at radius 1 is 0.902 bits per heavy atom. The van der Waals surface area contributed by atoms with Crippen LogP contribution in [0, 0.1) is 0 Å². The lowest BCUT2D eigenvalue weighted by Gasteiger charge is -2.35. The summed E-state index contributed by atoms with van der Waals surface area (Å²) < 4.78 is 7.22. The highest BCUT2D eigenvalue weighted by molar-refractivity contribution is 5.90. The van der Waals surface area contributed by atoms with Gasteiger partial charge in [-0.2, -0.15) is 0 Å². The van der Waals surface area contributed by atoms with Gasteiger partial charge in [-0.15, -0.1) is 5.10 Å². The van der Waals surface area contributed by atoms with Gasteiger partial charge in [-0.05, 0) is 42.5 Å². The maximum atomic E-state index is 13.8. The first-order valence-corrected chi connectivity index (χ1v) is 14.3. The van der Waals surface area contributed by atoms with Crippen molar-refractivity contribution in [3.63, 3.8) is 0 Å². The van der Waals surface area contributed by atoms with Crippen LogP contribution in [-0.4, -0.2) is 81.5 Å². The van der Waals surface area contributed by atoms with Crippen LogP contribution >= 0.6 is 0 Å². The molecule has 214 valence electrons. The normalized spacial score (nSPS) is 24.6. The molecular weight excluding hydrogens is 522 g/mol. The van der Waals surface area contributed by atoms with E-state index in [1.165, 1.54) is 0 Å². The van der Waals surface area contributed by atoms with Crippen molar-refractivity contribution in [2.75, 3.05) is 19.8 Å². The monoisotopic (exact) mass is 557 g/mol. The van der Waals surface area contributed by atoms with Crippen molar-refractivity contribution in [1.82, 2.24) is 35.8 Å². The van der Waals surface area contributed by atoms with E-state index in [0.717, 1.165) is 29.7 Å². The Morgan fingerprint density at radius 3 is 2.46 bits per heavy atom. The van der Waals surface area contributed by atoms with Crippen molar-refractivity contribution in [2.45, 2.75) is 62.8 Å². The van der Waals surface area contributed by atoms with Crippen molar-refractivity contribution in [2.24, 2.45) is 0 Å². The third kappa shape index (κ3) is 6.31. The first kappa shape index (κ1) is 27.1. The van der Waals surface area contributed by atoms with Crippen molar-refractivity contribution >= 4 is 17.7 Å². The predicted octanol–water partition coefficient (Wildman–Crippen LogP) is 0.905. The Bertz CT molecular complexity index is 1390. The largest absolute Gasteiger partial charge is 0.381 e. The lowest BCUT2D eigenvalue weighted by atomic mass is 10.0. The highest BCUT2D eigenvalue weighted by Gasteiger charge is 2.42. The molecule has 0 aliphatic carbocycles. The summed E-state index contributed by atoms with van der Waals surface area (Å²) in [5, 5.41) is 17.7. The van der Waals surface area contributed by atoms with E-state index in [0.29, 0.717) is 31.9 Å². The number of amides is 3. The number of fused-ring (bicyclic) bond motifs is 3. The number of carbonyl (C=O) groups excluding carboxylic acids is 3. The van der Waals surface area contributed by atoms with Gasteiger partial charge in [0.15, 0.2) is 0 Å². The van der Waals surface area contributed by atoms with Gasteiger partial charge in [-0.25, -0.2) is 4.68 Å². The molecule has 0 radical (unpaired) electrons. The Balaban J connectivity index is 1.28. The van der Waals surface area contributed by atoms with Crippen LogP contribution in [0.15, 0.2) is 60.8 Å². The van der Waals surface area contributed by atoms with Crippen LogP contribution in [-0.2, 0) is 38.5 Å². The maximum absolute atomic E-state index is 13.8. The van der Waals surface area contributed by atoms with Crippen LogP contribution in [0.3, 0.4) is 0 Å². The molecule has 3 aliphatic rings. The molecule has 41 heavy (non-hydrogen) atoms. The number of aromatic nitrogens is 3. The topological polar surface area (TPSA) is 130 Å². The van der Waals surface area contributed by atoms with Crippen molar-refractivity contribution in [3.05, 3.63) is 77.6 Å². The van der Waals surface area contributed by atoms with Crippen molar-refractivity contribution < 1.29 is 19.1 Å². The van der Waals surface area contributed by atoms with E-state index in [2.05, 4.69) is 31.2 Å². The number of ether oxygens (including phenoxy) is 1. The Hall–Kier alpha value is -4.09. The lowest BCUT2D eigenvalue weighted by Crippen LogP contribution is -2.55. The highest BCUT2D eigenvalue weighted by Crippen LogP contribution is 2.26. The Morgan fingerprint density at radius 2 is 1.66 bits per heavy atom. The van der Waals surface area contributed by atoms with Crippen LogP contribution in [0.1, 0.15) is 36.1 Å². The third-order valence-corrected chi connectivity index (χ3v) is 8.20. The van der Waals surface area contributed by atoms with E-state index >= 15 is 0 Å². The number of nitrogens with zero attached hydrogens (tertiary/aromatic N) is 4. The van der Waals surface area contributed by atoms with E-state index in [4.69, 9.17) is 4.74 Å². The molecule has 2 aromatic carbocycles. The van der Waals surface area contributed by atoms with Crippen LogP contribution < -0.4 is 16.0 Å². The summed E-state index contributed by atoms with van der Waals surface area (Å²) in [6.07, 6.45) is 4.31. The molecular formula is C30H35N7O4. The Labute approximate surface area is 238 Å². The molecule has 3 aromatic rings. The fourth-order valence-corrected chi connectivity index (χ4v) is 6.09. The zero-order chi connectivity index (χ0) is 28.2. The lowest BCUT2D eigenvalue weighted by molar-refractivity contribution is -0.132. The summed E-state index contributed by atoms with van der Waals surface area (Å²) in [5.74, 6) is -0.615. The number of benzene rings is 2. The molecule has 11 nitrogen and oxygen atoms in total. The van der Waals surface area contributed by atoms with Crippen molar-refractivity contribution in [1.29, 1.82) is 0 Å². The molecule has 3 amide bonds. The SMILES string of the molecule is O=C1Cc2ccccc2CNC(=O)C(Cc2cn(-c3ccccc3)nn2)NC(=O)[C@@H]2C[C@@H](CN2C2CCOCC2)N1. The van der Waals surface area contributed by atoms with Crippen LogP contribution in [0.5, 0.6) is 0 Å². The number of hydrogen-bond acceptors (Lipinski definition) is 7. The summed E-state index contributed by atoms with van der Waals surface area (Å²) in [5.41, 5.74) is 3.17. The third-order valence-electron chi connectivity index (χ3n) is 8.20. The summed E-state index contributed by atoms with van der Waals surface area (Å²) in [4.78, 5) is 42.6. The van der Waals surface area contributed by atoms with Gasteiger partial charge in [0.2, 0.25) is 17.7 Å². The van der Waals surface area contributed by atoms with Gasteiger partial charge in [0.25, 0.3) is 0 Å². The molecule has 3 atom stereocenters. The first-order valence-electron chi connectivity index (χ1n) is 14.3. The average molecular weight is 558 g/mol. The van der Waals surface area contributed by atoms with Crippen LogP contribution in [0.2, 0.25) is 0 Å². The smallest absolute Gasteiger partial charge is 0.243 e. The zero-order valence-electron chi connectivity index (χ0n) is 22.9. The molecule has 2 fully saturated rings. The van der Waals surface area contributed by atoms with E-state index < -0.39 is 12.1 Å². The number of rotatable bonds is 4. The predicted molar refractivity (Wildman–Crippen MR) is 150 cm³/mol. The van der Waals surface area contributed by atoms with E-state index in [-0.39, 0.29) is 49.2 Å². The van der Waals surface area contributed by atoms with Crippen LogP contribution in [0.25, 0.3) is 5.69 Å². The molecule has 3 aliphatic heterocycles. The van der Waals surface area contributed by atoms with Gasteiger partial charge in [-0.3, -0.25) is 19.3 Å². The van der Waals surface area contributed by atoms with Gasteiger partial charge in [0.05, 0.1) is 30.0 Å². The number of para-hydroxylation sites is 1. The van der Waals surface area contributed by atoms with Gasteiger partial charge < -0.3 is 20.7 Å². The van der Waals surface area contributed by atoms with E-state index in [1.807, 2.05) is 54.6 Å². The van der Waals surface area contributed by atoms with Gasteiger partial charge in [0, 0.05) is 44.8 Å². The Kier molecular flexibility index (Phi) is 8.06. The fourth-order valence-electron chi connectivity index (χ4n) is 6.09. The molecule has 4 heterocycles. The van der Waals surface area contributed by atoms with Gasteiger partial charge >= 0.3 is 0 Å².